The van der Waals surface area contributed by atoms with Gasteiger partial charge in [-0.05, 0) is 46.9 Å². The van der Waals surface area contributed by atoms with E-state index in [2.05, 4.69) is 39.5 Å². The average Bonchev–Trinajstić information content (AvgIpc) is 2.57. The van der Waals surface area contributed by atoms with Crippen LogP contribution >= 0.6 is 9.24 Å². The molecule has 1 aliphatic heterocycles. The fourth-order valence-corrected chi connectivity index (χ4v) is 2.79. The summed E-state index contributed by atoms with van der Waals surface area (Å²) < 4.78 is 5.71. The molecule has 0 saturated carbocycles. The Balaban J connectivity index is 2.50. The Bertz CT molecular complexity index is 322. The first-order valence-electron chi connectivity index (χ1n) is 6.49. The quantitative estimate of drug-likeness (QED) is 0.614. The number of nitrogens with one attached hydrogen (secondary N) is 1. The maximum atomic E-state index is 5.71. The van der Waals surface area contributed by atoms with Gasteiger partial charge in [0, 0.05) is 24.3 Å². The highest BCUT2D eigenvalue weighted by Gasteiger charge is 2.31. The van der Waals surface area contributed by atoms with Crippen molar-refractivity contribution in [3.8, 4) is 0 Å². The van der Waals surface area contributed by atoms with Crippen LogP contribution < -0.4 is 5.32 Å². The lowest BCUT2D eigenvalue weighted by atomic mass is 10.2. The summed E-state index contributed by atoms with van der Waals surface area (Å²) in [7, 11) is 2.82. The van der Waals surface area contributed by atoms with Gasteiger partial charge < -0.3 is 15.0 Å². The average molecular weight is 270 g/mol. The zero-order valence-corrected chi connectivity index (χ0v) is 13.3. The lowest BCUT2D eigenvalue weighted by Crippen LogP contribution is -2.34. The largest absolute Gasteiger partial charge is 0.474 e. The molecule has 1 heterocycles. The van der Waals surface area contributed by atoms with Gasteiger partial charge in [-0.2, -0.15) is 0 Å². The highest BCUT2D eigenvalue weighted by atomic mass is 31.0. The molecule has 1 aliphatic rings. The van der Waals surface area contributed by atoms with E-state index in [1.165, 1.54) is 0 Å². The molecule has 0 aromatic carbocycles. The highest BCUT2D eigenvalue weighted by molar-refractivity contribution is 7.16. The van der Waals surface area contributed by atoms with E-state index in [0.717, 1.165) is 24.8 Å². The second-order valence-corrected chi connectivity index (χ2v) is 6.46. The first-order chi connectivity index (χ1) is 8.23. The van der Waals surface area contributed by atoms with Crippen LogP contribution in [-0.4, -0.2) is 35.3 Å². The Labute approximate surface area is 114 Å². The maximum absolute atomic E-state index is 5.71. The van der Waals surface area contributed by atoms with E-state index >= 15 is 0 Å². The molecule has 3 atom stereocenters. The minimum atomic E-state index is -0.198. The van der Waals surface area contributed by atoms with Crippen molar-refractivity contribution in [3.05, 3.63) is 24.7 Å². The molecule has 0 aromatic rings. The minimum Gasteiger partial charge on any atom is -0.474 e. The predicted octanol–water partition coefficient (Wildman–Crippen LogP) is 2.71. The van der Waals surface area contributed by atoms with Gasteiger partial charge in [0.25, 0.3) is 0 Å². The van der Waals surface area contributed by atoms with E-state index in [1.54, 1.807) is 0 Å². The molecule has 3 nitrogen and oxygen atoms in total. The normalized spacial score (nSPS) is 23.9. The van der Waals surface area contributed by atoms with Gasteiger partial charge in [0.15, 0.2) is 5.88 Å². The molecule has 1 N–H and O–H groups in total. The molecule has 0 amide bonds. The first-order valence-corrected chi connectivity index (χ1v) is 7.31. The third-order valence-electron chi connectivity index (χ3n) is 2.97. The maximum Gasteiger partial charge on any atom is 0.180 e. The van der Waals surface area contributed by atoms with Crippen molar-refractivity contribution in [2.24, 2.45) is 0 Å². The highest BCUT2D eigenvalue weighted by Crippen LogP contribution is 2.24. The van der Waals surface area contributed by atoms with E-state index in [9.17, 15) is 0 Å². The van der Waals surface area contributed by atoms with E-state index < -0.39 is 0 Å². The van der Waals surface area contributed by atoms with Gasteiger partial charge in [-0.25, -0.2) is 0 Å². The predicted molar refractivity (Wildman–Crippen MR) is 81.4 cm³/mol. The summed E-state index contributed by atoms with van der Waals surface area (Å²) >= 11 is 0. The molecule has 1 fully saturated rings. The van der Waals surface area contributed by atoms with E-state index in [4.69, 9.17) is 4.74 Å². The second-order valence-electron chi connectivity index (χ2n) is 5.99. The van der Waals surface area contributed by atoms with Crippen LogP contribution in [0.25, 0.3) is 0 Å². The summed E-state index contributed by atoms with van der Waals surface area (Å²) in [5, 5.41) is 3.38. The third-order valence-corrected chi connectivity index (χ3v) is 3.52. The summed E-state index contributed by atoms with van der Waals surface area (Å²) in [6.07, 6.45) is 2.17. The molecule has 0 radical (unpaired) electrons. The molecule has 1 rings (SSSR count). The number of hydrogen-bond acceptors (Lipinski definition) is 3. The summed E-state index contributed by atoms with van der Waals surface area (Å²) in [5.41, 5.74) is 0.936. The molecular formula is C14H27N2OP. The van der Waals surface area contributed by atoms with Crippen molar-refractivity contribution in [1.29, 1.82) is 0 Å². The standard InChI is InChI=1S/C14H27N2OP/c1-10(2)16-8-12(7-13(16)9-18)15-11(3)17-14(4,5)6/h12-13,15H,1,3,7-9,18H2,2,4-6H3/t12-,13-/m0/s1. The van der Waals surface area contributed by atoms with Crippen molar-refractivity contribution in [2.45, 2.75) is 51.8 Å². The molecule has 0 aliphatic carbocycles. The number of ether oxygens (including phenoxy) is 1. The molecule has 0 aromatic heterocycles. The van der Waals surface area contributed by atoms with Crippen LogP contribution in [0, 0.1) is 0 Å². The fourth-order valence-electron chi connectivity index (χ4n) is 2.34. The monoisotopic (exact) mass is 270 g/mol. The molecule has 0 spiro atoms. The Morgan fingerprint density at radius 3 is 2.44 bits per heavy atom. The SMILES string of the molecule is C=C(N[C@H]1C[C@@H](CP)N(C(=C)C)C1)OC(C)(C)C. The van der Waals surface area contributed by atoms with Gasteiger partial charge in [0.2, 0.25) is 0 Å². The number of hydrogen-bond donors (Lipinski definition) is 1. The number of nitrogens with zero attached hydrogens (tertiary/aromatic N) is 1. The van der Waals surface area contributed by atoms with Crippen molar-refractivity contribution in [2.75, 3.05) is 12.7 Å². The topological polar surface area (TPSA) is 24.5 Å². The van der Waals surface area contributed by atoms with Crippen LogP contribution in [0.5, 0.6) is 0 Å². The van der Waals surface area contributed by atoms with Crippen molar-refractivity contribution >= 4 is 9.24 Å². The van der Waals surface area contributed by atoms with Crippen LogP contribution in [0.2, 0.25) is 0 Å². The van der Waals surface area contributed by atoms with Crippen LogP contribution in [0.4, 0.5) is 0 Å². The van der Waals surface area contributed by atoms with Crippen LogP contribution in [-0.2, 0) is 4.74 Å². The second kappa shape index (κ2) is 5.97. The summed E-state index contributed by atoms with van der Waals surface area (Å²) in [6.45, 7) is 17.1. The van der Waals surface area contributed by atoms with Crippen LogP contribution in [0.15, 0.2) is 24.7 Å². The van der Waals surface area contributed by atoms with Gasteiger partial charge in [-0.1, -0.05) is 6.58 Å². The van der Waals surface area contributed by atoms with Gasteiger partial charge in [0.1, 0.15) is 5.60 Å². The molecule has 4 heteroatoms. The zero-order chi connectivity index (χ0) is 13.9. The summed E-state index contributed by atoms with van der Waals surface area (Å²) in [5.74, 6) is 0.665. The Morgan fingerprint density at radius 2 is 2.06 bits per heavy atom. The molecule has 1 saturated heterocycles. The number of allylic oxidation sites excluding steroid dienone is 1. The minimum absolute atomic E-state index is 0.198. The van der Waals surface area contributed by atoms with Crippen molar-refractivity contribution < 1.29 is 4.74 Å². The van der Waals surface area contributed by atoms with Crippen molar-refractivity contribution in [3.63, 3.8) is 0 Å². The Morgan fingerprint density at radius 1 is 1.44 bits per heavy atom. The summed E-state index contributed by atoms with van der Waals surface area (Å²) in [4.78, 5) is 2.36. The summed E-state index contributed by atoms with van der Waals surface area (Å²) in [6, 6.07) is 0.939. The zero-order valence-electron chi connectivity index (χ0n) is 12.1. The van der Waals surface area contributed by atoms with Gasteiger partial charge in [-0.15, -0.1) is 9.24 Å². The molecule has 18 heavy (non-hydrogen) atoms. The van der Waals surface area contributed by atoms with E-state index in [-0.39, 0.29) is 5.60 Å². The van der Waals surface area contributed by atoms with Crippen LogP contribution in [0.1, 0.15) is 34.1 Å². The van der Waals surface area contributed by atoms with E-state index in [0.29, 0.717) is 18.0 Å². The lowest BCUT2D eigenvalue weighted by Gasteiger charge is -2.26. The van der Waals surface area contributed by atoms with E-state index in [1.807, 2.05) is 20.8 Å². The Kier molecular flexibility index (Phi) is 5.10. The molecule has 104 valence electrons. The molecule has 1 unspecified atom stereocenters. The number of likely N-dealkylation sites (tertiary alicyclic amines) is 1. The van der Waals surface area contributed by atoms with Gasteiger partial charge >= 0.3 is 0 Å². The lowest BCUT2D eigenvalue weighted by molar-refractivity contribution is 0.0387. The molecular weight excluding hydrogens is 243 g/mol. The first kappa shape index (κ1) is 15.4. The van der Waals surface area contributed by atoms with Crippen molar-refractivity contribution in [1.82, 2.24) is 10.2 Å². The third kappa shape index (κ3) is 4.53. The Hall–Kier alpha value is -0.690. The number of rotatable bonds is 5. The van der Waals surface area contributed by atoms with Gasteiger partial charge in [0.05, 0.1) is 0 Å². The smallest absolute Gasteiger partial charge is 0.180 e. The fraction of sp³-hybridized carbons (Fsp3) is 0.714. The van der Waals surface area contributed by atoms with Gasteiger partial charge in [-0.3, -0.25) is 0 Å². The molecule has 0 bridgehead atoms. The van der Waals surface area contributed by atoms with Crippen LogP contribution in [0.3, 0.4) is 0 Å².